The number of tetrazole rings is 1. The Morgan fingerprint density at radius 2 is 2.14 bits per heavy atom. The number of rotatable bonds is 7. The van der Waals surface area contributed by atoms with E-state index < -0.39 is 0 Å². The Labute approximate surface area is 127 Å². The zero-order valence-electron chi connectivity index (χ0n) is 11.8. The number of aryl methyl sites for hydroxylation is 1. The quantitative estimate of drug-likeness (QED) is 0.716. The summed E-state index contributed by atoms with van der Waals surface area (Å²) in [6.07, 6.45) is 0. The Bertz CT molecular complexity index is 583. The number of nitrogens with zero attached hydrogens (tertiary/aromatic N) is 4. The molecule has 2 rings (SSSR count). The van der Waals surface area contributed by atoms with Gasteiger partial charge in [-0.1, -0.05) is 41.6 Å². The van der Waals surface area contributed by atoms with E-state index in [4.69, 9.17) is 5.73 Å². The Hall–Kier alpha value is -1.93. The number of thioether (sulfide) groups is 1. The number of nitrogens with one attached hydrogen (secondary N) is 1. The Balaban J connectivity index is 1.77. The lowest BCUT2D eigenvalue weighted by molar-refractivity contribution is -0.118. The summed E-state index contributed by atoms with van der Waals surface area (Å²) in [7, 11) is 0. The third-order valence-corrected chi connectivity index (χ3v) is 3.74. The smallest absolute Gasteiger partial charge is 0.230 e. The van der Waals surface area contributed by atoms with Crippen molar-refractivity contribution in [3.8, 4) is 0 Å². The summed E-state index contributed by atoms with van der Waals surface area (Å²) in [5, 5.41) is 14.7. The van der Waals surface area contributed by atoms with E-state index >= 15 is 0 Å². The Morgan fingerprint density at radius 3 is 2.86 bits per heavy atom. The Kier molecular flexibility index (Phi) is 5.70. The van der Waals surface area contributed by atoms with E-state index in [2.05, 4.69) is 20.8 Å². The van der Waals surface area contributed by atoms with Crippen LogP contribution in [-0.4, -0.2) is 38.4 Å². The lowest BCUT2D eigenvalue weighted by Gasteiger charge is -2.05. The molecular formula is C13H18N6OS. The van der Waals surface area contributed by atoms with Crippen molar-refractivity contribution in [1.29, 1.82) is 0 Å². The maximum absolute atomic E-state index is 11.8. The van der Waals surface area contributed by atoms with Gasteiger partial charge in [0.15, 0.2) is 0 Å². The van der Waals surface area contributed by atoms with Gasteiger partial charge < -0.3 is 11.1 Å². The molecule has 0 bridgehead atoms. The van der Waals surface area contributed by atoms with Crippen LogP contribution in [0.2, 0.25) is 0 Å². The molecule has 1 amide bonds. The first-order chi connectivity index (χ1) is 10.2. The lowest BCUT2D eigenvalue weighted by Crippen LogP contribution is -2.24. The molecule has 0 saturated carbocycles. The molecule has 112 valence electrons. The van der Waals surface area contributed by atoms with E-state index in [1.54, 1.807) is 4.68 Å². The van der Waals surface area contributed by atoms with Crippen molar-refractivity contribution in [3.05, 3.63) is 35.4 Å². The van der Waals surface area contributed by atoms with E-state index in [-0.39, 0.29) is 11.7 Å². The van der Waals surface area contributed by atoms with Gasteiger partial charge in [-0.05, 0) is 22.9 Å². The molecular weight excluding hydrogens is 288 g/mol. The predicted octanol–water partition coefficient (Wildman–Crippen LogP) is 0.349. The minimum atomic E-state index is -0.0529. The van der Waals surface area contributed by atoms with Gasteiger partial charge in [0.25, 0.3) is 0 Å². The number of nitrogens with two attached hydrogens (primary N) is 1. The van der Waals surface area contributed by atoms with Crippen LogP contribution in [0.5, 0.6) is 0 Å². The van der Waals surface area contributed by atoms with Crippen molar-refractivity contribution in [2.45, 2.75) is 25.2 Å². The molecule has 8 heteroatoms. The van der Waals surface area contributed by atoms with Crippen LogP contribution in [0.25, 0.3) is 0 Å². The average Bonchev–Trinajstić information content (AvgIpc) is 2.92. The van der Waals surface area contributed by atoms with Gasteiger partial charge in [-0.25, -0.2) is 4.68 Å². The molecule has 0 aliphatic carbocycles. The summed E-state index contributed by atoms with van der Waals surface area (Å²) >= 11 is 1.30. The van der Waals surface area contributed by atoms with E-state index in [9.17, 15) is 4.79 Å². The number of amides is 1. The standard InChI is InChI=1S/C13H18N6OS/c1-10-2-4-11(5-3-10)8-15-12(20)9-21-13-16-17-18-19(13)7-6-14/h2-5H,6-9,14H2,1H3,(H,15,20). The first kappa shape index (κ1) is 15.5. The van der Waals surface area contributed by atoms with Crippen molar-refractivity contribution in [2.75, 3.05) is 12.3 Å². The molecule has 7 nitrogen and oxygen atoms in total. The molecule has 0 aliphatic heterocycles. The number of carbonyl (C=O) groups excluding carboxylic acids is 1. The van der Waals surface area contributed by atoms with Crippen LogP contribution in [0.3, 0.4) is 0 Å². The van der Waals surface area contributed by atoms with Crippen molar-refractivity contribution >= 4 is 17.7 Å². The monoisotopic (exact) mass is 306 g/mol. The van der Waals surface area contributed by atoms with Crippen molar-refractivity contribution in [1.82, 2.24) is 25.5 Å². The van der Waals surface area contributed by atoms with Gasteiger partial charge in [-0.3, -0.25) is 4.79 Å². The maximum Gasteiger partial charge on any atom is 0.230 e. The third kappa shape index (κ3) is 4.83. The summed E-state index contributed by atoms with van der Waals surface area (Å²) in [6, 6.07) is 8.06. The normalized spacial score (nSPS) is 10.6. The second kappa shape index (κ2) is 7.75. The molecule has 0 unspecified atom stereocenters. The molecule has 0 radical (unpaired) electrons. The van der Waals surface area contributed by atoms with Crippen molar-refractivity contribution < 1.29 is 4.79 Å². The van der Waals surface area contributed by atoms with Crippen LogP contribution in [0.4, 0.5) is 0 Å². The number of carbonyl (C=O) groups is 1. The first-order valence-electron chi connectivity index (χ1n) is 6.60. The molecule has 1 aromatic heterocycles. The molecule has 1 aromatic carbocycles. The average molecular weight is 306 g/mol. The molecule has 0 aliphatic rings. The van der Waals surface area contributed by atoms with E-state index in [1.807, 2.05) is 31.2 Å². The number of hydrogen-bond donors (Lipinski definition) is 2. The van der Waals surface area contributed by atoms with E-state index in [0.29, 0.717) is 24.8 Å². The van der Waals surface area contributed by atoms with Gasteiger partial charge in [-0.15, -0.1) is 5.10 Å². The molecule has 2 aromatic rings. The minimum absolute atomic E-state index is 0.0529. The molecule has 0 spiro atoms. The fourth-order valence-electron chi connectivity index (χ4n) is 1.65. The number of benzene rings is 1. The van der Waals surface area contributed by atoms with Crippen molar-refractivity contribution in [2.24, 2.45) is 5.73 Å². The van der Waals surface area contributed by atoms with Gasteiger partial charge >= 0.3 is 0 Å². The topological polar surface area (TPSA) is 98.7 Å². The highest BCUT2D eigenvalue weighted by Crippen LogP contribution is 2.12. The van der Waals surface area contributed by atoms with Gasteiger partial charge in [0.2, 0.25) is 11.1 Å². The van der Waals surface area contributed by atoms with Gasteiger partial charge in [0, 0.05) is 13.1 Å². The van der Waals surface area contributed by atoms with E-state index in [0.717, 1.165) is 5.56 Å². The fourth-order valence-corrected chi connectivity index (χ4v) is 2.38. The second-order valence-corrected chi connectivity index (χ2v) is 5.47. The summed E-state index contributed by atoms with van der Waals surface area (Å²) < 4.78 is 1.60. The molecule has 21 heavy (non-hydrogen) atoms. The zero-order valence-corrected chi connectivity index (χ0v) is 12.6. The Morgan fingerprint density at radius 1 is 1.38 bits per heavy atom. The highest BCUT2D eigenvalue weighted by molar-refractivity contribution is 7.99. The van der Waals surface area contributed by atoms with Gasteiger partial charge in [-0.2, -0.15) is 0 Å². The highest BCUT2D eigenvalue weighted by atomic mass is 32.2. The molecule has 0 atom stereocenters. The first-order valence-corrected chi connectivity index (χ1v) is 7.59. The molecule has 0 saturated heterocycles. The summed E-state index contributed by atoms with van der Waals surface area (Å²) in [4.78, 5) is 11.8. The summed E-state index contributed by atoms with van der Waals surface area (Å²) in [5.41, 5.74) is 7.74. The SMILES string of the molecule is Cc1ccc(CNC(=O)CSc2nnnn2CCN)cc1. The maximum atomic E-state index is 11.8. The van der Waals surface area contributed by atoms with E-state index in [1.165, 1.54) is 17.3 Å². The number of aromatic nitrogens is 4. The van der Waals surface area contributed by atoms with Crippen LogP contribution in [0, 0.1) is 6.92 Å². The number of hydrogen-bond acceptors (Lipinski definition) is 6. The highest BCUT2D eigenvalue weighted by Gasteiger charge is 2.09. The van der Waals surface area contributed by atoms with Crippen LogP contribution in [0.1, 0.15) is 11.1 Å². The summed E-state index contributed by atoms with van der Waals surface area (Å²) in [5.74, 6) is 0.222. The molecule has 1 heterocycles. The molecule has 0 fully saturated rings. The fraction of sp³-hybridized carbons (Fsp3) is 0.385. The second-order valence-electron chi connectivity index (χ2n) is 4.52. The van der Waals surface area contributed by atoms with Gasteiger partial charge in [0.1, 0.15) is 0 Å². The predicted molar refractivity (Wildman–Crippen MR) is 80.6 cm³/mol. The zero-order chi connectivity index (χ0) is 15.1. The molecule has 3 N–H and O–H groups in total. The van der Waals surface area contributed by atoms with Crippen LogP contribution in [0.15, 0.2) is 29.4 Å². The minimum Gasteiger partial charge on any atom is -0.351 e. The van der Waals surface area contributed by atoms with Crippen molar-refractivity contribution in [3.63, 3.8) is 0 Å². The van der Waals surface area contributed by atoms with Crippen LogP contribution in [-0.2, 0) is 17.9 Å². The largest absolute Gasteiger partial charge is 0.351 e. The third-order valence-electron chi connectivity index (χ3n) is 2.78. The van der Waals surface area contributed by atoms with Gasteiger partial charge in [0.05, 0.1) is 12.3 Å². The lowest BCUT2D eigenvalue weighted by atomic mass is 10.1. The van der Waals surface area contributed by atoms with Crippen LogP contribution >= 0.6 is 11.8 Å². The van der Waals surface area contributed by atoms with Crippen LogP contribution < -0.4 is 11.1 Å². The summed E-state index contributed by atoms with van der Waals surface area (Å²) in [6.45, 7) is 3.55.